The van der Waals surface area contributed by atoms with Crippen molar-refractivity contribution in [3.05, 3.63) is 33.8 Å². The van der Waals surface area contributed by atoms with Gasteiger partial charge in [-0.2, -0.15) is 0 Å². The maximum Gasteiger partial charge on any atom is 0.0802 e. The molecule has 0 heterocycles. The van der Waals surface area contributed by atoms with E-state index in [4.69, 9.17) is 0 Å². The molecule has 1 aromatic carbocycles. The fourth-order valence-corrected chi connectivity index (χ4v) is 2.13. The fraction of sp³-hybridized carbons (Fsp3) is 0.571. The second kappa shape index (κ2) is 7.14. The van der Waals surface area contributed by atoms with Crippen LogP contribution in [0.15, 0.2) is 22.7 Å². The van der Waals surface area contributed by atoms with E-state index in [0.29, 0.717) is 0 Å². The van der Waals surface area contributed by atoms with Crippen LogP contribution in [-0.4, -0.2) is 29.6 Å². The van der Waals surface area contributed by atoms with Gasteiger partial charge in [-0.15, -0.1) is 0 Å². The van der Waals surface area contributed by atoms with Crippen molar-refractivity contribution in [3.63, 3.8) is 0 Å². The molecule has 0 spiro atoms. The minimum atomic E-state index is -0.359. The van der Waals surface area contributed by atoms with Crippen molar-refractivity contribution < 1.29 is 5.11 Å². The lowest BCUT2D eigenvalue weighted by molar-refractivity contribution is 0.145. The van der Waals surface area contributed by atoms with Gasteiger partial charge in [-0.25, -0.2) is 0 Å². The molecular weight excluding hydrogens is 278 g/mol. The first-order valence-electron chi connectivity index (χ1n) is 6.25. The van der Waals surface area contributed by atoms with Gasteiger partial charge in [-0.3, -0.25) is 0 Å². The van der Waals surface area contributed by atoms with Gasteiger partial charge < -0.3 is 10.0 Å². The predicted molar refractivity (Wildman–Crippen MR) is 76.2 cm³/mol. The normalized spacial score (nSPS) is 13.1. The van der Waals surface area contributed by atoms with Crippen LogP contribution in [0.1, 0.15) is 37.5 Å². The fourth-order valence-electron chi connectivity index (χ4n) is 1.89. The third-order valence-corrected chi connectivity index (χ3v) is 4.07. The molecule has 1 rings (SSSR count). The van der Waals surface area contributed by atoms with E-state index in [1.165, 1.54) is 5.56 Å². The van der Waals surface area contributed by atoms with Gasteiger partial charge in [0.2, 0.25) is 0 Å². The van der Waals surface area contributed by atoms with E-state index in [2.05, 4.69) is 40.7 Å². The van der Waals surface area contributed by atoms with Crippen LogP contribution in [0.25, 0.3) is 0 Å². The van der Waals surface area contributed by atoms with E-state index < -0.39 is 0 Å². The molecular formula is C14H22BrNO. The number of halogens is 1. The van der Waals surface area contributed by atoms with Crippen molar-refractivity contribution >= 4 is 15.9 Å². The molecule has 0 saturated carbocycles. The number of aliphatic hydroxyl groups excluding tert-OH is 1. The highest BCUT2D eigenvalue weighted by Gasteiger charge is 2.10. The van der Waals surface area contributed by atoms with Crippen molar-refractivity contribution in [3.8, 4) is 0 Å². The zero-order valence-corrected chi connectivity index (χ0v) is 12.5. The molecule has 1 aromatic rings. The van der Waals surface area contributed by atoms with E-state index >= 15 is 0 Å². The summed E-state index contributed by atoms with van der Waals surface area (Å²) in [5.74, 6) is 0. The van der Waals surface area contributed by atoms with Crippen LogP contribution < -0.4 is 0 Å². The van der Waals surface area contributed by atoms with Crippen LogP contribution >= 0.6 is 15.9 Å². The molecule has 0 bridgehead atoms. The Bertz CT molecular complexity index is 350. The summed E-state index contributed by atoms with van der Waals surface area (Å²) in [6.45, 7) is 9.39. The minimum absolute atomic E-state index is 0.359. The van der Waals surface area contributed by atoms with Crippen LogP contribution in [0.2, 0.25) is 0 Å². The Kier molecular flexibility index (Phi) is 6.17. The lowest BCUT2D eigenvalue weighted by Gasteiger charge is -2.20. The Morgan fingerprint density at radius 2 is 1.94 bits per heavy atom. The quantitative estimate of drug-likeness (QED) is 0.869. The van der Waals surface area contributed by atoms with Gasteiger partial charge >= 0.3 is 0 Å². The summed E-state index contributed by atoms with van der Waals surface area (Å²) < 4.78 is 1.09. The number of benzene rings is 1. The minimum Gasteiger partial charge on any atom is -0.388 e. The molecule has 0 aromatic heterocycles. The second-order valence-electron chi connectivity index (χ2n) is 4.34. The number of aliphatic hydroxyl groups is 1. The highest BCUT2D eigenvalue weighted by atomic mass is 79.9. The molecule has 1 N–H and O–H groups in total. The number of nitrogens with zero attached hydrogens (tertiary/aromatic N) is 1. The summed E-state index contributed by atoms with van der Waals surface area (Å²) in [6, 6.07) is 6.05. The lowest BCUT2D eigenvalue weighted by Crippen LogP contribution is -2.25. The molecule has 0 amide bonds. The van der Waals surface area contributed by atoms with Crippen molar-refractivity contribution in [2.45, 2.75) is 33.3 Å². The molecule has 0 aliphatic heterocycles. The van der Waals surface area contributed by atoms with Gasteiger partial charge in [-0.05, 0) is 43.6 Å². The maximum atomic E-state index is 10.1. The topological polar surface area (TPSA) is 23.5 Å². The third kappa shape index (κ3) is 4.41. The summed E-state index contributed by atoms with van der Waals surface area (Å²) in [7, 11) is 0. The predicted octanol–water partition coefficient (Wildman–Crippen LogP) is 3.52. The molecule has 2 nitrogen and oxygen atoms in total. The zero-order valence-electron chi connectivity index (χ0n) is 10.9. The van der Waals surface area contributed by atoms with Crippen molar-refractivity contribution in [1.82, 2.24) is 4.90 Å². The van der Waals surface area contributed by atoms with Crippen LogP contribution in [0.4, 0.5) is 0 Å². The van der Waals surface area contributed by atoms with Crippen LogP contribution in [-0.2, 0) is 0 Å². The molecule has 0 aliphatic rings. The summed E-state index contributed by atoms with van der Waals surface area (Å²) in [5, 5.41) is 10.1. The Hall–Kier alpha value is -0.380. The van der Waals surface area contributed by atoms with Crippen LogP contribution in [0, 0.1) is 6.92 Å². The summed E-state index contributed by atoms with van der Waals surface area (Å²) in [4.78, 5) is 2.33. The zero-order chi connectivity index (χ0) is 12.8. The number of rotatable bonds is 6. The molecule has 1 atom stereocenters. The van der Waals surface area contributed by atoms with E-state index in [0.717, 1.165) is 36.1 Å². The van der Waals surface area contributed by atoms with Gasteiger partial charge in [0.25, 0.3) is 0 Å². The largest absolute Gasteiger partial charge is 0.388 e. The Labute approximate surface area is 113 Å². The second-order valence-corrected chi connectivity index (χ2v) is 5.19. The average Bonchev–Trinajstić information content (AvgIpc) is 2.33. The first kappa shape index (κ1) is 14.7. The van der Waals surface area contributed by atoms with Crippen molar-refractivity contribution in [1.29, 1.82) is 0 Å². The molecule has 0 aliphatic carbocycles. The van der Waals surface area contributed by atoms with Crippen molar-refractivity contribution in [2.24, 2.45) is 0 Å². The highest BCUT2D eigenvalue weighted by Crippen LogP contribution is 2.23. The van der Waals surface area contributed by atoms with Gasteiger partial charge in [-0.1, -0.05) is 41.9 Å². The SMILES string of the molecule is CCN(CC)CCC(O)c1ccc(Br)c(C)c1. The smallest absolute Gasteiger partial charge is 0.0802 e. The molecule has 0 fully saturated rings. The Morgan fingerprint density at radius 3 is 2.47 bits per heavy atom. The van der Waals surface area contributed by atoms with Gasteiger partial charge in [0.1, 0.15) is 0 Å². The summed E-state index contributed by atoms with van der Waals surface area (Å²) >= 11 is 3.47. The van der Waals surface area contributed by atoms with Gasteiger partial charge in [0, 0.05) is 11.0 Å². The van der Waals surface area contributed by atoms with Crippen LogP contribution in [0.5, 0.6) is 0 Å². The van der Waals surface area contributed by atoms with E-state index in [-0.39, 0.29) is 6.10 Å². The summed E-state index contributed by atoms with van der Waals surface area (Å²) in [5.41, 5.74) is 2.18. The van der Waals surface area contributed by atoms with Gasteiger partial charge in [0.15, 0.2) is 0 Å². The van der Waals surface area contributed by atoms with Gasteiger partial charge in [0.05, 0.1) is 6.10 Å². The lowest BCUT2D eigenvalue weighted by atomic mass is 10.0. The van der Waals surface area contributed by atoms with E-state index in [9.17, 15) is 5.11 Å². The molecule has 17 heavy (non-hydrogen) atoms. The Balaban J connectivity index is 2.57. The molecule has 1 unspecified atom stereocenters. The van der Waals surface area contributed by atoms with E-state index in [1.807, 2.05) is 19.1 Å². The van der Waals surface area contributed by atoms with Crippen molar-refractivity contribution in [2.75, 3.05) is 19.6 Å². The first-order valence-corrected chi connectivity index (χ1v) is 7.04. The highest BCUT2D eigenvalue weighted by molar-refractivity contribution is 9.10. The molecule has 0 radical (unpaired) electrons. The Morgan fingerprint density at radius 1 is 1.29 bits per heavy atom. The maximum absolute atomic E-state index is 10.1. The number of hydrogen-bond acceptors (Lipinski definition) is 2. The monoisotopic (exact) mass is 299 g/mol. The van der Waals surface area contributed by atoms with E-state index in [1.54, 1.807) is 0 Å². The third-order valence-electron chi connectivity index (χ3n) is 3.18. The first-order chi connectivity index (χ1) is 8.08. The standard InChI is InChI=1S/C14H22BrNO/c1-4-16(5-2)9-8-14(17)12-6-7-13(15)11(3)10-12/h6-7,10,14,17H,4-5,8-9H2,1-3H3. The number of hydrogen-bond donors (Lipinski definition) is 1. The summed E-state index contributed by atoms with van der Waals surface area (Å²) in [6.07, 6.45) is 0.436. The molecule has 96 valence electrons. The average molecular weight is 300 g/mol. The molecule has 0 saturated heterocycles. The number of aryl methyl sites for hydroxylation is 1. The molecule has 3 heteroatoms. The van der Waals surface area contributed by atoms with Crippen LogP contribution in [0.3, 0.4) is 0 Å².